The maximum atomic E-state index is 13.1. The molecule has 4 aromatic rings. The molecule has 2 N–H and O–H groups in total. The van der Waals surface area contributed by atoms with Gasteiger partial charge in [-0.3, -0.25) is 19.7 Å². The average molecular weight is 450 g/mol. The third-order valence-corrected chi connectivity index (χ3v) is 5.92. The van der Waals surface area contributed by atoms with Crippen LogP contribution in [0.5, 0.6) is 0 Å². The maximum absolute atomic E-state index is 13.1. The van der Waals surface area contributed by atoms with Crippen LogP contribution in [0.25, 0.3) is 21.0 Å². The normalized spacial score (nSPS) is 11.1. The maximum Gasteiger partial charge on any atom is 0.278 e. The first-order chi connectivity index (χ1) is 15.5. The molecule has 0 saturated carbocycles. The van der Waals surface area contributed by atoms with Gasteiger partial charge in [0, 0.05) is 24.5 Å². The lowest BCUT2D eigenvalue weighted by molar-refractivity contribution is -0.114. The van der Waals surface area contributed by atoms with Gasteiger partial charge in [0.2, 0.25) is 5.91 Å². The van der Waals surface area contributed by atoms with Gasteiger partial charge in [0.15, 0.2) is 10.8 Å². The second-order valence-electron chi connectivity index (χ2n) is 7.47. The quantitative estimate of drug-likeness (QED) is 0.407. The highest BCUT2D eigenvalue weighted by Crippen LogP contribution is 2.29. The third-order valence-electron chi connectivity index (χ3n) is 4.99. The number of amides is 2. The molecule has 0 aliphatic heterocycles. The number of aryl methyl sites for hydroxylation is 1. The number of carbonyl (C=O) groups excluding carboxylic acids is 2. The number of hydrogen-bond donors (Lipinski definition) is 2. The number of benzene rings is 2. The van der Waals surface area contributed by atoms with Gasteiger partial charge in [0.05, 0.1) is 15.6 Å². The highest BCUT2D eigenvalue weighted by Gasteiger charge is 2.18. The molecule has 0 saturated heterocycles. The second-order valence-corrected chi connectivity index (χ2v) is 8.50. The fourth-order valence-corrected chi connectivity index (χ4v) is 4.38. The Balaban J connectivity index is 1.66. The Bertz CT molecular complexity index is 1380. The molecule has 0 spiro atoms. The first-order valence-corrected chi connectivity index (χ1v) is 11.3. The van der Waals surface area contributed by atoms with Crippen molar-refractivity contribution < 1.29 is 9.59 Å². The lowest BCUT2D eigenvalue weighted by Gasteiger charge is -2.10. The zero-order valence-electron chi connectivity index (χ0n) is 17.8. The number of anilines is 2. The molecule has 164 valence electrons. The van der Waals surface area contributed by atoms with Gasteiger partial charge < -0.3 is 5.32 Å². The lowest BCUT2D eigenvalue weighted by atomic mass is 10.1. The molecule has 0 aliphatic rings. The van der Waals surface area contributed by atoms with Crippen molar-refractivity contribution in [3.63, 3.8) is 0 Å². The minimum Gasteiger partial charge on any atom is -0.326 e. The zero-order valence-corrected chi connectivity index (χ0v) is 18.7. The summed E-state index contributed by atoms with van der Waals surface area (Å²) < 4.78 is 2.21. The SMILES string of the molecule is CCCCCn1nc(C(=O)Nc2nc3ccc(NC(C)=O)cc3s2)c2ccccc2c1=O. The number of fused-ring (bicyclic) bond motifs is 2. The van der Waals surface area contributed by atoms with Gasteiger partial charge in [0.1, 0.15) is 0 Å². The number of carbonyl (C=O) groups is 2. The fourth-order valence-electron chi connectivity index (χ4n) is 3.48. The van der Waals surface area contributed by atoms with E-state index < -0.39 is 5.91 Å². The molecule has 32 heavy (non-hydrogen) atoms. The summed E-state index contributed by atoms with van der Waals surface area (Å²) in [5.74, 6) is -0.582. The van der Waals surface area contributed by atoms with Crippen molar-refractivity contribution in [2.75, 3.05) is 10.6 Å². The van der Waals surface area contributed by atoms with E-state index >= 15 is 0 Å². The van der Waals surface area contributed by atoms with Crippen LogP contribution >= 0.6 is 11.3 Å². The van der Waals surface area contributed by atoms with Gasteiger partial charge in [-0.2, -0.15) is 5.10 Å². The van der Waals surface area contributed by atoms with Gasteiger partial charge in [-0.1, -0.05) is 49.3 Å². The Kier molecular flexibility index (Phi) is 6.27. The molecule has 0 aliphatic carbocycles. The van der Waals surface area contributed by atoms with E-state index in [0.29, 0.717) is 33.7 Å². The summed E-state index contributed by atoms with van der Waals surface area (Å²) >= 11 is 1.30. The van der Waals surface area contributed by atoms with Crippen molar-refractivity contribution in [1.29, 1.82) is 0 Å². The number of unbranched alkanes of at least 4 members (excludes halogenated alkanes) is 2. The number of nitrogens with one attached hydrogen (secondary N) is 2. The van der Waals surface area contributed by atoms with E-state index in [1.165, 1.54) is 22.9 Å². The van der Waals surface area contributed by atoms with Crippen molar-refractivity contribution in [3.8, 4) is 0 Å². The topological polar surface area (TPSA) is 106 Å². The first-order valence-electron chi connectivity index (χ1n) is 10.5. The smallest absolute Gasteiger partial charge is 0.278 e. The molecule has 9 heteroatoms. The minimum atomic E-state index is -0.424. The predicted octanol–water partition coefficient (Wildman–Crippen LogP) is 4.41. The standard InChI is InChI=1S/C23H23N5O3S/c1-3-4-7-12-28-22(31)17-9-6-5-8-16(17)20(27-28)21(30)26-23-25-18-11-10-15(24-14(2)29)13-19(18)32-23/h5-6,8-11,13H,3-4,7,12H2,1-2H3,(H,24,29)(H,25,26,30). The lowest BCUT2D eigenvalue weighted by Crippen LogP contribution is -2.27. The van der Waals surface area contributed by atoms with Crippen LogP contribution in [0.15, 0.2) is 47.3 Å². The predicted molar refractivity (Wildman–Crippen MR) is 127 cm³/mol. The van der Waals surface area contributed by atoms with Gasteiger partial charge in [-0.15, -0.1) is 0 Å². The van der Waals surface area contributed by atoms with Crippen LogP contribution in [0.2, 0.25) is 0 Å². The minimum absolute atomic E-state index is 0.158. The number of aromatic nitrogens is 3. The molecule has 0 radical (unpaired) electrons. The highest BCUT2D eigenvalue weighted by molar-refractivity contribution is 7.22. The van der Waals surface area contributed by atoms with Crippen LogP contribution in [0.3, 0.4) is 0 Å². The van der Waals surface area contributed by atoms with E-state index in [1.807, 2.05) is 6.07 Å². The Morgan fingerprint density at radius 1 is 1.06 bits per heavy atom. The molecule has 2 aromatic carbocycles. The molecule has 2 amide bonds. The zero-order chi connectivity index (χ0) is 22.7. The van der Waals surface area contributed by atoms with Crippen molar-refractivity contribution in [1.82, 2.24) is 14.8 Å². The van der Waals surface area contributed by atoms with E-state index in [-0.39, 0.29) is 17.2 Å². The summed E-state index contributed by atoms with van der Waals surface area (Å²) in [5, 5.41) is 11.3. The number of nitrogens with zero attached hydrogens (tertiary/aromatic N) is 3. The molecule has 2 heterocycles. The second kappa shape index (κ2) is 9.27. The van der Waals surface area contributed by atoms with Crippen LogP contribution in [0, 0.1) is 0 Å². The summed E-state index contributed by atoms with van der Waals surface area (Å²) in [4.78, 5) is 41.7. The van der Waals surface area contributed by atoms with Crippen LogP contribution in [0.1, 0.15) is 43.6 Å². The van der Waals surface area contributed by atoms with Crippen molar-refractivity contribution in [3.05, 3.63) is 58.5 Å². The summed E-state index contributed by atoms with van der Waals surface area (Å²) in [5.41, 5.74) is 1.37. The molecule has 0 bridgehead atoms. The number of rotatable bonds is 7. The van der Waals surface area contributed by atoms with E-state index in [2.05, 4.69) is 27.6 Å². The van der Waals surface area contributed by atoms with Gasteiger partial charge in [-0.05, 0) is 30.7 Å². The van der Waals surface area contributed by atoms with E-state index in [1.54, 1.807) is 36.4 Å². The van der Waals surface area contributed by atoms with Gasteiger partial charge in [0.25, 0.3) is 11.5 Å². The first kappa shape index (κ1) is 21.6. The van der Waals surface area contributed by atoms with E-state index in [0.717, 1.165) is 24.0 Å². The Morgan fingerprint density at radius 3 is 2.59 bits per heavy atom. The Morgan fingerprint density at radius 2 is 1.84 bits per heavy atom. The van der Waals surface area contributed by atoms with Crippen molar-refractivity contribution in [2.24, 2.45) is 0 Å². The van der Waals surface area contributed by atoms with Crippen LogP contribution < -0.4 is 16.2 Å². The van der Waals surface area contributed by atoms with Gasteiger partial charge >= 0.3 is 0 Å². The monoisotopic (exact) mass is 449 g/mol. The van der Waals surface area contributed by atoms with Crippen molar-refractivity contribution >= 4 is 55.0 Å². The summed E-state index contributed by atoms with van der Waals surface area (Å²) in [6, 6.07) is 12.4. The van der Waals surface area contributed by atoms with Crippen LogP contribution in [0.4, 0.5) is 10.8 Å². The third kappa shape index (κ3) is 4.52. The molecule has 0 atom stereocenters. The molecule has 0 fully saturated rings. The summed E-state index contributed by atoms with van der Waals surface area (Å²) in [6.07, 6.45) is 2.82. The molecule has 8 nitrogen and oxygen atoms in total. The van der Waals surface area contributed by atoms with Crippen LogP contribution in [-0.2, 0) is 11.3 Å². The molecule has 2 aromatic heterocycles. The molecule has 0 unspecified atom stereocenters. The Hall–Kier alpha value is -3.59. The Labute approximate surface area is 188 Å². The molecular formula is C23H23N5O3S. The molecular weight excluding hydrogens is 426 g/mol. The van der Waals surface area contributed by atoms with E-state index in [4.69, 9.17) is 0 Å². The average Bonchev–Trinajstić information content (AvgIpc) is 3.16. The number of hydrogen-bond acceptors (Lipinski definition) is 6. The van der Waals surface area contributed by atoms with Crippen molar-refractivity contribution in [2.45, 2.75) is 39.7 Å². The summed E-state index contributed by atoms with van der Waals surface area (Å²) in [6.45, 7) is 4.00. The highest BCUT2D eigenvalue weighted by atomic mass is 32.1. The van der Waals surface area contributed by atoms with Gasteiger partial charge in [-0.25, -0.2) is 9.67 Å². The number of thiazole rings is 1. The molecule has 4 rings (SSSR count). The van der Waals surface area contributed by atoms with Crippen LogP contribution in [-0.4, -0.2) is 26.6 Å². The summed E-state index contributed by atoms with van der Waals surface area (Å²) in [7, 11) is 0. The fraction of sp³-hybridized carbons (Fsp3) is 0.261. The van der Waals surface area contributed by atoms with E-state index in [9.17, 15) is 14.4 Å². The largest absolute Gasteiger partial charge is 0.326 e.